The van der Waals surface area contributed by atoms with E-state index in [1.165, 1.54) is 12.1 Å². The Kier molecular flexibility index (Phi) is 2.79. The van der Waals surface area contributed by atoms with Crippen molar-refractivity contribution in [3.63, 3.8) is 0 Å². The molecule has 2 N–H and O–H groups in total. The van der Waals surface area contributed by atoms with E-state index >= 15 is 0 Å². The standard InChI is InChI=1S/C6H5BrClNO3/c7-3-1-4(8)6(10)5(2-3)9(11)12/h1-2,10-12H/p-1. The Labute approximate surface area is 81.7 Å². The SMILES string of the molecule is [O-]c1c(Cl)cc(Br)cc1N(O)O. The van der Waals surface area contributed by atoms with E-state index in [4.69, 9.17) is 22.0 Å². The molecular formula is C6H4BrClNO3-. The van der Waals surface area contributed by atoms with Crippen LogP contribution in [0.15, 0.2) is 16.6 Å². The van der Waals surface area contributed by atoms with Crippen LogP contribution in [0.5, 0.6) is 5.75 Å². The molecule has 6 heteroatoms. The molecule has 1 aromatic carbocycles. The first-order valence-electron chi connectivity index (χ1n) is 2.86. The lowest BCUT2D eigenvalue weighted by molar-refractivity contribution is -0.268. The summed E-state index contributed by atoms with van der Waals surface area (Å²) in [6, 6.07) is 2.62. The van der Waals surface area contributed by atoms with Crippen LogP contribution in [0, 0.1) is 0 Å². The second-order valence-electron chi connectivity index (χ2n) is 2.03. The van der Waals surface area contributed by atoms with E-state index in [1.807, 2.05) is 0 Å². The van der Waals surface area contributed by atoms with Crippen LogP contribution in [0.25, 0.3) is 0 Å². The van der Waals surface area contributed by atoms with Gasteiger partial charge >= 0.3 is 0 Å². The first kappa shape index (κ1) is 9.60. The zero-order valence-electron chi connectivity index (χ0n) is 5.66. The molecule has 0 bridgehead atoms. The minimum Gasteiger partial charge on any atom is -0.870 e. The maximum atomic E-state index is 11.0. The minimum absolute atomic E-state index is 0.0764. The van der Waals surface area contributed by atoms with E-state index in [-0.39, 0.29) is 15.9 Å². The van der Waals surface area contributed by atoms with Crippen LogP contribution in [0.4, 0.5) is 5.69 Å². The fraction of sp³-hybridized carbons (Fsp3) is 0. The fourth-order valence-corrected chi connectivity index (χ4v) is 1.49. The third-order valence-corrected chi connectivity index (χ3v) is 1.94. The van der Waals surface area contributed by atoms with Crippen molar-refractivity contribution in [2.75, 3.05) is 5.23 Å². The Morgan fingerprint density at radius 2 is 2.00 bits per heavy atom. The van der Waals surface area contributed by atoms with E-state index in [0.717, 1.165) is 0 Å². The molecule has 12 heavy (non-hydrogen) atoms. The number of benzene rings is 1. The fourth-order valence-electron chi connectivity index (χ4n) is 0.695. The number of hydrogen-bond acceptors (Lipinski definition) is 4. The van der Waals surface area contributed by atoms with Gasteiger partial charge in [-0.3, -0.25) is 10.4 Å². The number of halogens is 2. The van der Waals surface area contributed by atoms with Gasteiger partial charge in [0.25, 0.3) is 0 Å². The molecule has 0 saturated heterocycles. The average molecular weight is 253 g/mol. The summed E-state index contributed by atoms with van der Waals surface area (Å²) >= 11 is 8.51. The van der Waals surface area contributed by atoms with Crippen molar-refractivity contribution in [1.29, 1.82) is 0 Å². The van der Waals surface area contributed by atoms with Crippen LogP contribution < -0.4 is 10.3 Å². The maximum absolute atomic E-state index is 11.0. The zero-order valence-corrected chi connectivity index (χ0v) is 8.00. The molecule has 0 atom stereocenters. The van der Waals surface area contributed by atoms with Crippen molar-refractivity contribution in [3.05, 3.63) is 21.6 Å². The first-order chi connectivity index (χ1) is 5.52. The molecule has 0 amide bonds. The second-order valence-corrected chi connectivity index (χ2v) is 3.35. The van der Waals surface area contributed by atoms with E-state index < -0.39 is 5.75 Å². The van der Waals surface area contributed by atoms with Crippen molar-refractivity contribution in [1.82, 2.24) is 0 Å². The molecule has 0 aliphatic heterocycles. The zero-order chi connectivity index (χ0) is 9.30. The van der Waals surface area contributed by atoms with Crippen LogP contribution in [-0.4, -0.2) is 10.4 Å². The highest BCUT2D eigenvalue weighted by molar-refractivity contribution is 9.10. The predicted molar refractivity (Wildman–Crippen MR) is 44.6 cm³/mol. The molecule has 1 aromatic rings. The Hall–Kier alpha value is -0.490. The summed E-state index contributed by atoms with van der Waals surface area (Å²) in [5.41, 5.74) is -0.297. The number of hydrogen-bond donors (Lipinski definition) is 2. The Morgan fingerprint density at radius 1 is 1.42 bits per heavy atom. The molecule has 0 unspecified atom stereocenters. The second kappa shape index (κ2) is 3.49. The topological polar surface area (TPSA) is 66.8 Å². The van der Waals surface area contributed by atoms with Gasteiger partial charge in [-0.1, -0.05) is 33.3 Å². The van der Waals surface area contributed by atoms with Crippen LogP contribution in [0.3, 0.4) is 0 Å². The molecule has 0 spiro atoms. The van der Waals surface area contributed by atoms with Gasteiger partial charge in [-0.15, -0.1) is 5.23 Å². The van der Waals surface area contributed by atoms with Crippen molar-refractivity contribution < 1.29 is 15.5 Å². The minimum atomic E-state index is -0.634. The van der Waals surface area contributed by atoms with E-state index in [0.29, 0.717) is 4.47 Å². The van der Waals surface area contributed by atoms with Crippen molar-refractivity contribution in [3.8, 4) is 5.75 Å². The van der Waals surface area contributed by atoms with Gasteiger partial charge in [0.15, 0.2) is 0 Å². The van der Waals surface area contributed by atoms with Gasteiger partial charge in [0.05, 0.1) is 5.69 Å². The van der Waals surface area contributed by atoms with Crippen molar-refractivity contribution in [2.24, 2.45) is 0 Å². The van der Waals surface area contributed by atoms with Gasteiger partial charge < -0.3 is 5.11 Å². The lowest BCUT2D eigenvalue weighted by Crippen LogP contribution is -2.13. The van der Waals surface area contributed by atoms with E-state index in [2.05, 4.69) is 15.9 Å². The van der Waals surface area contributed by atoms with Gasteiger partial charge in [-0.2, -0.15) is 0 Å². The Balaban J connectivity index is 3.28. The van der Waals surface area contributed by atoms with Crippen molar-refractivity contribution in [2.45, 2.75) is 0 Å². The van der Waals surface area contributed by atoms with E-state index in [1.54, 1.807) is 0 Å². The van der Waals surface area contributed by atoms with Gasteiger partial charge in [0.2, 0.25) is 0 Å². The summed E-state index contributed by atoms with van der Waals surface area (Å²) in [6.45, 7) is 0. The highest BCUT2D eigenvalue weighted by atomic mass is 79.9. The lowest BCUT2D eigenvalue weighted by Gasteiger charge is -2.18. The smallest absolute Gasteiger partial charge is 0.0890 e. The van der Waals surface area contributed by atoms with Gasteiger partial charge in [-0.25, -0.2) is 0 Å². The molecule has 0 aliphatic carbocycles. The molecule has 0 saturated carbocycles. The maximum Gasteiger partial charge on any atom is 0.0890 e. The monoisotopic (exact) mass is 252 g/mol. The largest absolute Gasteiger partial charge is 0.870 e. The number of nitrogens with zero attached hydrogens (tertiary/aromatic N) is 1. The third kappa shape index (κ3) is 1.81. The quantitative estimate of drug-likeness (QED) is 0.749. The summed E-state index contributed by atoms with van der Waals surface area (Å²) in [7, 11) is 0. The number of anilines is 1. The molecular weight excluding hydrogens is 249 g/mol. The summed E-state index contributed by atoms with van der Waals surface area (Å²) in [4.78, 5) is 0. The normalized spacial score (nSPS) is 10.0. The van der Waals surface area contributed by atoms with Crippen LogP contribution in [0.2, 0.25) is 5.02 Å². The van der Waals surface area contributed by atoms with Crippen LogP contribution in [-0.2, 0) is 0 Å². The number of rotatable bonds is 1. The predicted octanol–water partition coefficient (Wildman–Crippen LogP) is 1.76. The Bertz CT molecular complexity index is 305. The van der Waals surface area contributed by atoms with Gasteiger partial charge in [0.1, 0.15) is 0 Å². The van der Waals surface area contributed by atoms with Crippen molar-refractivity contribution >= 4 is 33.2 Å². The summed E-state index contributed by atoms with van der Waals surface area (Å²) in [6.07, 6.45) is 0. The Morgan fingerprint density at radius 3 is 2.50 bits per heavy atom. The molecule has 66 valence electrons. The molecule has 0 radical (unpaired) electrons. The van der Waals surface area contributed by atoms with E-state index in [9.17, 15) is 5.11 Å². The van der Waals surface area contributed by atoms with Crippen LogP contribution in [0.1, 0.15) is 0 Å². The first-order valence-corrected chi connectivity index (χ1v) is 4.03. The lowest BCUT2D eigenvalue weighted by atomic mass is 10.3. The summed E-state index contributed by atoms with van der Waals surface area (Å²) in [5, 5.41) is 27.8. The molecule has 0 heterocycles. The van der Waals surface area contributed by atoms with Crippen LogP contribution >= 0.6 is 27.5 Å². The van der Waals surface area contributed by atoms with Gasteiger partial charge in [-0.05, 0) is 12.1 Å². The molecule has 0 aromatic heterocycles. The third-order valence-electron chi connectivity index (χ3n) is 1.20. The molecule has 0 aliphatic rings. The molecule has 0 fully saturated rings. The molecule has 4 nitrogen and oxygen atoms in total. The summed E-state index contributed by atoms with van der Waals surface area (Å²) < 4.78 is 0.496. The summed E-state index contributed by atoms with van der Waals surface area (Å²) in [5.74, 6) is -0.634. The van der Waals surface area contributed by atoms with Gasteiger partial charge in [0, 0.05) is 9.50 Å². The average Bonchev–Trinajstić information content (AvgIpc) is 1.96. The molecule has 1 rings (SSSR count). The highest BCUT2D eigenvalue weighted by Crippen LogP contribution is 2.34. The highest BCUT2D eigenvalue weighted by Gasteiger charge is 2.04.